The fourth-order valence-corrected chi connectivity index (χ4v) is 6.48. The number of ether oxygens (including phenoxy) is 2. The van der Waals surface area contributed by atoms with Crippen molar-refractivity contribution in [1.29, 1.82) is 0 Å². The van der Waals surface area contributed by atoms with Crippen molar-refractivity contribution in [2.24, 2.45) is 0 Å². The van der Waals surface area contributed by atoms with Crippen molar-refractivity contribution >= 4 is 27.6 Å². The summed E-state index contributed by atoms with van der Waals surface area (Å²) in [5, 5.41) is 1.11. The molecule has 170 valence electrons. The Balaban J connectivity index is 1.63. The number of hydrogen-bond acceptors (Lipinski definition) is 4. The van der Waals surface area contributed by atoms with E-state index in [1.807, 2.05) is 0 Å². The van der Waals surface area contributed by atoms with Crippen LogP contribution in [0.1, 0.15) is 102 Å². The van der Waals surface area contributed by atoms with Crippen molar-refractivity contribution in [2.75, 3.05) is 0 Å². The Morgan fingerprint density at radius 2 is 1.48 bits per heavy atom. The monoisotopic (exact) mass is 441 g/mol. The van der Waals surface area contributed by atoms with Gasteiger partial charge in [-0.25, -0.2) is 9.97 Å². The Hall–Kier alpha value is -2.50. The minimum atomic E-state index is -0.346. The molecule has 5 heteroatoms. The maximum atomic E-state index is 6.44. The largest absolute Gasteiger partial charge is 0.366 e. The zero-order valence-electron chi connectivity index (χ0n) is 20.5. The van der Waals surface area contributed by atoms with Gasteiger partial charge in [0, 0.05) is 10.8 Å². The van der Waals surface area contributed by atoms with Gasteiger partial charge in [-0.05, 0) is 87.1 Å². The second-order valence-corrected chi connectivity index (χ2v) is 12.2. The average Bonchev–Trinajstić information content (AvgIpc) is 3.45. The van der Waals surface area contributed by atoms with Crippen molar-refractivity contribution in [3.05, 3.63) is 52.3 Å². The molecular formula is C28H31N3O2. The Morgan fingerprint density at radius 1 is 0.848 bits per heavy atom. The molecule has 5 nitrogen and oxygen atoms in total. The van der Waals surface area contributed by atoms with Crippen LogP contribution in [0, 0.1) is 0 Å². The van der Waals surface area contributed by atoms with Crippen LogP contribution in [0.15, 0.2) is 24.3 Å². The highest BCUT2D eigenvalue weighted by molar-refractivity contribution is 5.98. The van der Waals surface area contributed by atoms with Gasteiger partial charge in [-0.15, -0.1) is 0 Å². The van der Waals surface area contributed by atoms with E-state index in [0.29, 0.717) is 0 Å². The van der Waals surface area contributed by atoms with Crippen LogP contribution in [0.4, 0.5) is 0 Å². The quantitative estimate of drug-likeness (QED) is 0.303. The molecule has 5 heterocycles. The number of hydrogen-bond donors (Lipinski definition) is 0. The number of fused-ring (bicyclic) bond motifs is 11. The summed E-state index contributed by atoms with van der Waals surface area (Å²) in [5.74, 6) is 1.03. The van der Waals surface area contributed by atoms with E-state index in [9.17, 15) is 0 Å². The van der Waals surface area contributed by atoms with Crippen LogP contribution in [0.2, 0.25) is 0 Å². The number of aromatic nitrogens is 3. The van der Waals surface area contributed by atoms with Gasteiger partial charge in [0.2, 0.25) is 0 Å². The highest BCUT2D eigenvalue weighted by Crippen LogP contribution is 2.52. The van der Waals surface area contributed by atoms with Gasteiger partial charge in [0.15, 0.2) is 0 Å². The predicted octanol–water partition coefficient (Wildman–Crippen LogP) is 6.74. The minimum absolute atomic E-state index is 0.140. The Morgan fingerprint density at radius 3 is 2.15 bits per heavy atom. The molecule has 0 saturated carbocycles. The summed E-state index contributed by atoms with van der Waals surface area (Å²) in [7, 11) is 0. The van der Waals surface area contributed by atoms with E-state index in [4.69, 9.17) is 19.4 Å². The lowest BCUT2D eigenvalue weighted by Gasteiger charge is -2.24. The Kier molecular flexibility index (Phi) is 3.48. The highest BCUT2D eigenvalue weighted by atomic mass is 16.5. The molecule has 0 N–H and O–H groups in total. The second-order valence-electron chi connectivity index (χ2n) is 12.2. The van der Waals surface area contributed by atoms with Crippen molar-refractivity contribution in [1.82, 2.24) is 14.4 Å². The molecule has 0 radical (unpaired) electrons. The van der Waals surface area contributed by atoms with Gasteiger partial charge in [0.1, 0.15) is 11.5 Å². The fourth-order valence-electron chi connectivity index (χ4n) is 6.48. The maximum absolute atomic E-state index is 6.44. The second kappa shape index (κ2) is 5.76. The van der Waals surface area contributed by atoms with E-state index in [2.05, 4.69) is 77.1 Å². The van der Waals surface area contributed by atoms with Gasteiger partial charge in [0.25, 0.3) is 0 Å². The van der Waals surface area contributed by atoms with Crippen molar-refractivity contribution < 1.29 is 9.47 Å². The predicted molar refractivity (Wildman–Crippen MR) is 130 cm³/mol. The third kappa shape index (κ3) is 2.50. The van der Waals surface area contributed by atoms with Crippen LogP contribution in [0.3, 0.4) is 0 Å². The van der Waals surface area contributed by atoms with Crippen LogP contribution in [0.25, 0.3) is 27.6 Å². The first kappa shape index (κ1) is 19.9. The molecule has 2 bridgehead atoms. The van der Waals surface area contributed by atoms with Gasteiger partial charge in [-0.2, -0.15) is 0 Å². The van der Waals surface area contributed by atoms with Crippen LogP contribution in [-0.4, -0.2) is 14.4 Å². The van der Waals surface area contributed by atoms with Crippen LogP contribution < -0.4 is 0 Å². The lowest BCUT2D eigenvalue weighted by molar-refractivity contribution is -0.105. The van der Waals surface area contributed by atoms with Gasteiger partial charge in [-0.3, -0.25) is 4.40 Å². The van der Waals surface area contributed by atoms with Gasteiger partial charge in [-0.1, -0.05) is 20.8 Å². The van der Waals surface area contributed by atoms with E-state index in [1.165, 1.54) is 22.3 Å². The minimum Gasteiger partial charge on any atom is -0.366 e. The first-order valence-electron chi connectivity index (χ1n) is 12.1. The third-order valence-corrected chi connectivity index (χ3v) is 7.87. The fraction of sp³-hybridized carbons (Fsp3) is 0.500. The normalized spacial score (nSPS) is 24.8. The summed E-state index contributed by atoms with van der Waals surface area (Å²) in [5.41, 5.74) is 8.41. The first-order valence-corrected chi connectivity index (χ1v) is 12.1. The molecule has 2 aromatic heterocycles. The number of imidazole rings is 1. The molecule has 0 spiro atoms. The Labute approximate surface area is 194 Å². The molecule has 33 heavy (non-hydrogen) atoms. The lowest BCUT2D eigenvalue weighted by Crippen LogP contribution is -2.22. The lowest BCUT2D eigenvalue weighted by atomic mass is 9.89. The van der Waals surface area contributed by atoms with Gasteiger partial charge >= 0.3 is 0 Å². The molecule has 2 unspecified atom stereocenters. The molecule has 1 fully saturated rings. The van der Waals surface area contributed by atoms with E-state index in [1.54, 1.807) is 0 Å². The first-order chi connectivity index (χ1) is 15.4. The smallest absolute Gasteiger partial charge is 0.148 e. The highest BCUT2D eigenvalue weighted by Gasteiger charge is 2.44. The summed E-state index contributed by atoms with van der Waals surface area (Å²) >= 11 is 0. The molecule has 7 rings (SSSR count). The third-order valence-electron chi connectivity index (χ3n) is 7.87. The topological polar surface area (TPSA) is 48.7 Å². The number of nitrogens with zero attached hydrogens (tertiary/aromatic N) is 3. The van der Waals surface area contributed by atoms with Crippen LogP contribution in [-0.2, 0) is 26.1 Å². The summed E-state index contributed by atoms with van der Waals surface area (Å²) in [6, 6.07) is 9.10. The summed E-state index contributed by atoms with van der Waals surface area (Å²) in [4.78, 5) is 10.5. The van der Waals surface area contributed by atoms with Gasteiger partial charge < -0.3 is 9.47 Å². The Bertz CT molecular complexity index is 1520. The standard InChI is InChI=1S/C28H31N3O2/c1-26(2,3)25-30-19-11-15-14(22-8-9-23(15)32-22)10-16(19)24-29-20-12-17-18(13-21(20)31(24)25)28(6,7)33-27(17,4)5/h10-13,22-23H,8-9H2,1-7H3. The zero-order chi connectivity index (χ0) is 23.1. The van der Waals surface area contributed by atoms with Crippen LogP contribution in [0.5, 0.6) is 0 Å². The van der Waals surface area contributed by atoms with E-state index in [0.717, 1.165) is 46.2 Å². The molecule has 2 aromatic carbocycles. The molecule has 4 aromatic rings. The molecule has 3 aliphatic rings. The van der Waals surface area contributed by atoms with Crippen molar-refractivity contribution in [2.45, 2.75) is 90.1 Å². The molecule has 2 atom stereocenters. The average molecular weight is 442 g/mol. The summed E-state index contributed by atoms with van der Waals surface area (Å²) in [6.45, 7) is 15.3. The van der Waals surface area contributed by atoms with Gasteiger partial charge in [0.05, 0.1) is 40.0 Å². The van der Waals surface area contributed by atoms with Crippen LogP contribution >= 0.6 is 0 Å². The molecule has 3 aliphatic heterocycles. The van der Waals surface area contributed by atoms with E-state index < -0.39 is 0 Å². The SMILES string of the molecule is CC(C)(C)c1nc2cc3c(cc2c2nc4cc5c(cc4n12)C(C)(C)OC5(C)C)C1CCC3O1. The molecule has 0 amide bonds. The summed E-state index contributed by atoms with van der Waals surface area (Å²) < 4.78 is 14.9. The molecule has 1 saturated heterocycles. The number of benzene rings is 2. The number of rotatable bonds is 0. The van der Waals surface area contributed by atoms with Crippen molar-refractivity contribution in [3.8, 4) is 0 Å². The van der Waals surface area contributed by atoms with Crippen molar-refractivity contribution in [3.63, 3.8) is 0 Å². The van der Waals surface area contributed by atoms with E-state index in [-0.39, 0.29) is 28.8 Å². The molecular weight excluding hydrogens is 410 g/mol. The maximum Gasteiger partial charge on any atom is 0.148 e. The molecule has 0 aliphatic carbocycles. The zero-order valence-corrected chi connectivity index (χ0v) is 20.5. The van der Waals surface area contributed by atoms with E-state index >= 15 is 0 Å². The summed E-state index contributed by atoms with van der Waals surface area (Å²) in [6.07, 6.45) is 2.69.